The van der Waals surface area contributed by atoms with Crippen LogP contribution in [-0.4, -0.2) is 24.3 Å². The molecule has 0 radical (unpaired) electrons. The van der Waals surface area contributed by atoms with E-state index < -0.39 is 5.60 Å². The summed E-state index contributed by atoms with van der Waals surface area (Å²) in [6.07, 6.45) is 4.55. The van der Waals surface area contributed by atoms with E-state index in [1.54, 1.807) is 0 Å². The van der Waals surface area contributed by atoms with Crippen LogP contribution in [0.1, 0.15) is 46.5 Å². The number of carbonyl (C=O) groups excluding carboxylic acids is 1. The fraction of sp³-hybridized carbons (Fsp3) is 0.917. The molecule has 0 aromatic rings. The Hall–Kier alpha value is -0.770. The van der Waals surface area contributed by atoms with E-state index in [1.165, 1.54) is 19.3 Å². The van der Waals surface area contributed by atoms with Gasteiger partial charge in [0.05, 0.1) is 0 Å². The third-order valence-electron chi connectivity index (χ3n) is 2.77. The second-order valence-electron chi connectivity index (χ2n) is 5.68. The lowest BCUT2D eigenvalue weighted by molar-refractivity contribution is 0.0522. The van der Waals surface area contributed by atoms with Gasteiger partial charge in [-0.25, -0.2) is 4.79 Å². The Labute approximate surface area is 97.9 Å². The molecular formula is C12H24N2O2. The van der Waals surface area contributed by atoms with Crippen molar-refractivity contribution in [3.05, 3.63) is 0 Å². The number of ether oxygens (including phenoxy) is 1. The molecule has 1 saturated carbocycles. The molecule has 0 aromatic carbocycles. The van der Waals surface area contributed by atoms with Crippen molar-refractivity contribution in [3.63, 3.8) is 0 Å². The Morgan fingerprint density at radius 3 is 2.56 bits per heavy atom. The summed E-state index contributed by atoms with van der Waals surface area (Å²) >= 11 is 0. The summed E-state index contributed by atoms with van der Waals surface area (Å²) in [6.45, 7) is 6.05. The summed E-state index contributed by atoms with van der Waals surface area (Å²) < 4.78 is 5.13. The summed E-state index contributed by atoms with van der Waals surface area (Å²) in [7, 11) is 0. The summed E-state index contributed by atoms with van der Waals surface area (Å²) in [5, 5.41) is 2.71. The molecule has 1 atom stereocenters. The highest BCUT2D eigenvalue weighted by Crippen LogP contribution is 2.29. The molecule has 94 valence electrons. The van der Waals surface area contributed by atoms with Gasteiger partial charge in [0.25, 0.3) is 0 Å². The van der Waals surface area contributed by atoms with Crippen LogP contribution in [-0.2, 0) is 4.74 Å². The molecule has 3 N–H and O–H groups in total. The molecule has 16 heavy (non-hydrogen) atoms. The number of carbonyl (C=O) groups is 1. The molecule has 4 heteroatoms. The van der Waals surface area contributed by atoms with E-state index in [1.807, 2.05) is 20.8 Å². The SMILES string of the molecule is CC(C)(C)OC(=O)NCC(N)CC1CCC1. The zero-order valence-electron chi connectivity index (χ0n) is 10.6. The zero-order valence-corrected chi connectivity index (χ0v) is 10.6. The molecule has 0 aliphatic heterocycles. The summed E-state index contributed by atoms with van der Waals surface area (Å²) in [6, 6.07) is 0.0535. The van der Waals surface area contributed by atoms with Gasteiger partial charge in [0.15, 0.2) is 0 Å². The smallest absolute Gasteiger partial charge is 0.407 e. The van der Waals surface area contributed by atoms with Crippen LogP contribution in [0.25, 0.3) is 0 Å². The Kier molecular flexibility index (Phi) is 4.59. The number of alkyl carbamates (subject to hydrolysis) is 1. The van der Waals surface area contributed by atoms with Gasteiger partial charge in [0.1, 0.15) is 5.60 Å². The quantitative estimate of drug-likeness (QED) is 0.773. The second kappa shape index (κ2) is 5.53. The zero-order chi connectivity index (χ0) is 12.2. The third-order valence-corrected chi connectivity index (χ3v) is 2.77. The minimum Gasteiger partial charge on any atom is -0.444 e. The van der Waals surface area contributed by atoms with Crippen LogP contribution in [0.4, 0.5) is 4.79 Å². The van der Waals surface area contributed by atoms with E-state index in [0.717, 1.165) is 12.3 Å². The van der Waals surface area contributed by atoms with Crippen LogP contribution in [0, 0.1) is 5.92 Å². The van der Waals surface area contributed by atoms with Crippen LogP contribution in [0.3, 0.4) is 0 Å². The summed E-state index contributed by atoms with van der Waals surface area (Å²) in [4.78, 5) is 11.3. The largest absolute Gasteiger partial charge is 0.444 e. The summed E-state index contributed by atoms with van der Waals surface area (Å²) in [5.74, 6) is 0.774. The maximum atomic E-state index is 11.3. The van der Waals surface area contributed by atoms with E-state index in [9.17, 15) is 4.79 Å². The number of rotatable bonds is 4. The van der Waals surface area contributed by atoms with Crippen molar-refractivity contribution in [1.29, 1.82) is 0 Å². The molecule has 0 aromatic heterocycles. The average Bonchev–Trinajstić information content (AvgIpc) is 2.05. The average molecular weight is 228 g/mol. The first-order valence-electron chi connectivity index (χ1n) is 6.09. The molecule has 0 saturated heterocycles. The van der Waals surface area contributed by atoms with Crippen LogP contribution >= 0.6 is 0 Å². The van der Waals surface area contributed by atoms with E-state index in [4.69, 9.17) is 10.5 Å². The van der Waals surface area contributed by atoms with E-state index in [2.05, 4.69) is 5.32 Å². The molecule has 1 aliphatic carbocycles. The van der Waals surface area contributed by atoms with Gasteiger partial charge in [-0.05, 0) is 33.1 Å². The molecule has 0 bridgehead atoms. The Morgan fingerprint density at radius 2 is 2.12 bits per heavy atom. The van der Waals surface area contributed by atoms with Gasteiger partial charge in [-0.3, -0.25) is 0 Å². The molecule has 4 nitrogen and oxygen atoms in total. The van der Waals surface area contributed by atoms with Gasteiger partial charge in [-0.15, -0.1) is 0 Å². The van der Waals surface area contributed by atoms with E-state index in [0.29, 0.717) is 6.54 Å². The van der Waals surface area contributed by atoms with Crippen molar-refractivity contribution in [2.75, 3.05) is 6.54 Å². The monoisotopic (exact) mass is 228 g/mol. The van der Waals surface area contributed by atoms with E-state index in [-0.39, 0.29) is 12.1 Å². The van der Waals surface area contributed by atoms with Gasteiger partial charge >= 0.3 is 6.09 Å². The van der Waals surface area contributed by atoms with Gasteiger partial charge in [-0.1, -0.05) is 19.3 Å². The van der Waals surface area contributed by atoms with Crippen molar-refractivity contribution >= 4 is 6.09 Å². The highest BCUT2D eigenvalue weighted by Gasteiger charge is 2.21. The number of hydrogen-bond acceptors (Lipinski definition) is 3. The van der Waals surface area contributed by atoms with Crippen molar-refractivity contribution in [3.8, 4) is 0 Å². The lowest BCUT2D eigenvalue weighted by atomic mass is 9.81. The predicted octanol–water partition coefficient (Wildman–Crippen LogP) is 2.03. The van der Waals surface area contributed by atoms with Crippen molar-refractivity contribution < 1.29 is 9.53 Å². The molecule has 1 unspecified atom stereocenters. The molecule has 1 fully saturated rings. The predicted molar refractivity (Wildman–Crippen MR) is 64.2 cm³/mol. The third kappa shape index (κ3) is 5.35. The number of nitrogens with two attached hydrogens (primary N) is 1. The van der Waals surface area contributed by atoms with Crippen molar-refractivity contribution in [2.24, 2.45) is 11.7 Å². The maximum absolute atomic E-state index is 11.3. The Balaban J connectivity index is 2.10. The molecule has 0 spiro atoms. The highest BCUT2D eigenvalue weighted by atomic mass is 16.6. The van der Waals surface area contributed by atoms with Crippen molar-refractivity contribution in [2.45, 2.75) is 58.1 Å². The molecule has 0 heterocycles. The minimum atomic E-state index is -0.442. The molecule has 1 rings (SSSR count). The standard InChI is InChI=1S/C12H24N2O2/c1-12(2,3)16-11(15)14-8-10(13)7-9-5-4-6-9/h9-10H,4-8,13H2,1-3H3,(H,14,15). The van der Waals surface area contributed by atoms with Crippen molar-refractivity contribution in [1.82, 2.24) is 5.32 Å². The van der Waals surface area contributed by atoms with E-state index >= 15 is 0 Å². The summed E-state index contributed by atoms with van der Waals surface area (Å²) in [5.41, 5.74) is 5.48. The van der Waals surface area contributed by atoms with Gasteiger partial charge in [0, 0.05) is 12.6 Å². The number of nitrogens with one attached hydrogen (secondary N) is 1. The van der Waals surface area contributed by atoms with Gasteiger partial charge < -0.3 is 15.8 Å². The number of amides is 1. The first-order chi connectivity index (χ1) is 7.37. The molecular weight excluding hydrogens is 204 g/mol. The first kappa shape index (κ1) is 13.3. The molecule has 1 aliphatic rings. The van der Waals surface area contributed by atoms with Gasteiger partial charge in [-0.2, -0.15) is 0 Å². The highest BCUT2D eigenvalue weighted by molar-refractivity contribution is 5.67. The number of hydrogen-bond donors (Lipinski definition) is 2. The first-order valence-corrected chi connectivity index (χ1v) is 6.09. The Morgan fingerprint density at radius 1 is 1.50 bits per heavy atom. The van der Waals surface area contributed by atoms with Crippen LogP contribution in [0.5, 0.6) is 0 Å². The second-order valence-corrected chi connectivity index (χ2v) is 5.68. The fourth-order valence-electron chi connectivity index (χ4n) is 1.77. The van der Waals surface area contributed by atoms with Crippen LogP contribution in [0.15, 0.2) is 0 Å². The Bertz CT molecular complexity index is 232. The topological polar surface area (TPSA) is 64.3 Å². The lowest BCUT2D eigenvalue weighted by Gasteiger charge is -2.28. The fourth-order valence-corrected chi connectivity index (χ4v) is 1.77. The normalized spacial score (nSPS) is 18.8. The molecule has 1 amide bonds. The van der Waals surface area contributed by atoms with Crippen LogP contribution in [0.2, 0.25) is 0 Å². The minimum absolute atomic E-state index is 0.0535. The maximum Gasteiger partial charge on any atom is 0.407 e. The lowest BCUT2D eigenvalue weighted by Crippen LogP contribution is -2.41. The van der Waals surface area contributed by atoms with Crippen LogP contribution < -0.4 is 11.1 Å². The van der Waals surface area contributed by atoms with Gasteiger partial charge in [0.2, 0.25) is 0 Å².